The molecule has 0 aromatic heterocycles. The fraction of sp³-hybridized carbons (Fsp3) is 0.125. The SMILES string of the molecule is C[C@@H](OC(=O)c1ccc(Br)cc1F)C(=O)Nc1ccccc1[N+](=O)[O-]. The molecule has 0 aliphatic rings. The largest absolute Gasteiger partial charge is 0.449 e. The van der Waals surface area contributed by atoms with Gasteiger partial charge in [-0.05, 0) is 31.2 Å². The first kappa shape index (κ1) is 18.5. The number of nitrogens with zero attached hydrogens (tertiary/aromatic N) is 1. The summed E-state index contributed by atoms with van der Waals surface area (Å²) < 4.78 is 19.1. The molecule has 1 amide bonds. The van der Waals surface area contributed by atoms with Crippen LogP contribution in [0.1, 0.15) is 17.3 Å². The maximum absolute atomic E-state index is 13.7. The predicted octanol–water partition coefficient (Wildman–Crippen LogP) is 3.68. The Morgan fingerprint density at radius 1 is 1.28 bits per heavy atom. The van der Waals surface area contributed by atoms with E-state index < -0.39 is 28.7 Å². The lowest BCUT2D eigenvalue weighted by atomic mass is 10.2. The molecule has 25 heavy (non-hydrogen) atoms. The van der Waals surface area contributed by atoms with Crippen molar-refractivity contribution in [2.45, 2.75) is 13.0 Å². The summed E-state index contributed by atoms with van der Waals surface area (Å²) in [7, 11) is 0. The number of hydrogen-bond acceptors (Lipinski definition) is 5. The Bertz CT molecular complexity index is 843. The van der Waals surface area contributed by atoms with Crippen molar-refractivity contribution in [1.82, 2.24) is 0 Å². The van der Waals surface area contributed by atoms with Crippen LogP contribution in [0, 0.1) is 15.9 Å². The second-order valence-electron chi connectivity index (χ2n) is 4.94. The number of nitrogens with one attached hydrogen (secondary N) is 1. The first-order valence-corrected chi connectivity index (χ1v) is 7.79. The minimum atomic E-state index is -1.28. The molecule has 0 saturated heterocycles. The molecule has 2 rings (SSSR count). The van der Waals surface area contributed by atoms with Gasteiger partial charge in [-0.25, -0.2) is 9.18 Å². The molecule has 0 heterocycles. The number of amides is 1. The van der Waals surface area contributed by atoms with Crippen molar-refractivity contribution in [1.29, 1.82) is 0 Å². The summed E-state index contributed by atoms with van der Waals surface area (Å²) in [5.74, 6) is -2.60. The highest BCUT2D eigenvalue weighted by Gasteiger charge is 2.23. The Morgan fingerprint density at radius 2 is 1.96 bits per heavy atom. The number of halogens is 2. The smallest absolute Gasteiger partial charge is 0.341 e. The minimum Gasteiger partial charge on any atom is -0.449 e. The van der Waals surface area contributed by atoms with E-state index in [-0.39, 0.29) is 16.9 Å². The molecule has 1 atom stereocenters. The summed E-state index contributed by atoms with van der Waals surface area (Å²) in [6, 6.07) is 9.30. The monoisotopic (exact) mass is 410 g/mol. The summed E-state index contributed by atoms with van der Waals surface area (Å²) in [6.07, 6.45) is -1.28. The Balaban J connectivity index is 2.08. The fourth-order valence-corrected chi connectivity index (χ4v) is 2.24. The molecule has 1 N–H and O–H groups in total. The van der Waals surface area contributed by atoms with E-state index in [0.29, 0.717) is 4.47 Å². The number of nitro groups is 1. The lowest BCUT2D eigenvalue weighted by Crippen LogP contribution is -2.30. The zero-order valence-electron chi connectivity index (χ0n) is 12.9. The highest BCUT2D eigenvalue weighted by molar-refractivity contribution is 9.10. The van der Waals surface area contributed by atoms with Crippen molar-refractivity contribution in [3.05, 3.63) is 68.4 Å². The highest BCUT2D eigenvalue weighted by Crippen LogP contribution is 2.23. The van der Waals surface area contributed by atoms with E-state index >= 15 is 0 Å². The molecule has 0 saturated carbocycles. The van der Waals surface area contributed by atoms with Gasteiger partial charge in [0.25, 0.3) is 11.6 Å². The first-order chi connectivity index (χ1) is 11.8. The van der Waals surface area contributed by atoms with E-state index in [0.717, 1.165) is 6.07 Å². The maximum atomic E-state index is 13.7. The minimum absolute atomic E-state index is 0.0322. The van der Waals surface area contributed by atoms with Crippen LogP contribution in [0.3, 0.4) is 0 Å². The summed E-state index contributed by atoms with van der Waals surface area (Å²) in [4.78, 5) is 34.3. The number of para-hydroxylation sites is 2. The molecule has 2 aromatic carbocycles. The van der Waals surface area contributed by atoms with Gasteiger partial charge in [0, 0.05) is 10.5 Å². The zero-order chi connectivity index (χ0) is 18.6. The second-order valence-corrected chi connectivity index (χ2v) is 5.85. The number of esters is 1. The number of carbonyl (C=O) groups is 2. The second kappa shape index (κ2) is 7.84. The summed E-state index contributed by atoms with van der Waals surface area (Å²) >= 11 is 3.06. The highest BCUT2D eigenvalue weighted by atomic mass is 79.9. The van der Waals surface area contributed by atoms with Crippen LogP contribution in [0.15, 0.2) is 46.9 Å². The van der Waals surface area contributed by atoms with Gasteiger partial charge in [0.1, 0.15) is 11.5 Å². The molecule has 0 aliphatic carbocycles. The molecule has 2 aromatic rings. The third-order valence-corrected chi connectivity index (χ3v) is 3.66. The van der Waals surface area contributed by atoms with Crippen LogP contribution in [-0.2, 0) is 9.53 Å². The van der Waals surface area contributed by atoms with Crippen LogP contribution < -0.4 is 5.32 Å². The predicted molar refractivity (Wildman–Crippen MR) is 90.7 cm³/mol. The average molecular weight is 411 g/mol. The lowest BCUT2D eigenvalue weighted by Gasteiger charge is -2.14. The van der Waals surface area contributed by atoms with Gasteiger partial charge in [-0.15, -0.1) is 0 Å². The van der Waals surface area contributed by atoms with E-state index in [1.807, 2.05) is 0 Å². The van der Waals surface area contributed by atoms with Crippen LogP contribution in [0.2, 0.25) is 0 Å². The third kappa shape index (κ3) is 4.60. The Labute approximate surface area is 150 Å². The van der Waals surface area contributed by atoms with Crippen LogP contribution in [-0.4, -0.2) is 22.9 Å². The molecule has 0 radical (unpaired) electrons. The number of rotatable bonds is 5. The van der Waals surface area contributed by atoms with Gasteiger partial charge < -0.3 is 10.1 Å². The molecular weight excluding hydrogens is 399 g/mol. The molecular formula is C16H12BrFN2O5. The van der Waals surface area contributed by atoms with Crippen molar-refractivity contribution >= 4 is 39.2 Å². The number of benzene rings is 2. The molecule has 0 aliphatic heterocycles. The quantitative estimate of drug-likeness (QED) is 0.460. The molecule has 0 fully saturated rings. The van der Waals surface area contributed by atoms with Crippen molar-refractivity contribution in [3.8, 4) is 0 Å². The molecule has 130 valence electrons. The zero-order valence-corrected chi connectivity index (χ0v) is 14.4. The normalized spacial score (nSPS) is 11.5. The topological polar surface area (TPSA) is 98.5 Å². The van der Waals surface area contributed by atoms with Gasteiger partial charge in [0.15, 0.2) is 6.10 Å². The van der Waals surface area contributed by atoms with Crippen molar-refractivity contribution < 1.29 is 23.6 Å². The van der Waals surface area contributed by atoms with Gasteiger partial charge in [-0.2, -0.15) is 0 Å². The van der Waals surface area contributed by atoms with E-state index in [2.05, 4.69) is 21.2 Å². The van der Waals surface area contributed by atoms with Crippen molar-refractivity contribution in [2.75, 3.05) is 5.32 Å². The average Bonchev–Trinajstić information content (AvgIpc) is 2.54. The number of hydrogen-bond donors (Lipinski definition) is 1. The summed E-state index contributed by atoms with van der Waals surface area (Å²) in [5.41, 5.74) is -0.655. The molecule has 9 heteroatoms. The third-order valence-electron chi connectivity index (χ3n) is 3.16. The lowest BCUT2D eigenvalue weighted by molar-refractivity contribution is -0.383. The standard InChI is InChI=1S/C16H12BrFN2O5/c1-9(25-16(22)11-7-6-10(17)8-12(11)18)15(21)19-13-4-2-3-5-14(13)20(23)24/h2-9H,1H3,(H,19,21)/t9-/m1/s1. The first-order valence-electron chi connectivity index (χ1n) is 7.00. The molecule has 0 unspecified atom stereocenters. The van der Waals surface area contributed by atoms with E-state index in [4.69, 9.17) is 4.74 Å². The molecule has 0 bridgehead atoms. The van der Waals surface area contributed by atoms with E-state index in [9.17, 15) is 24.1 Å². The fourth-order valence-electron chi connectivity index (χ4n) is 1.91. The van der Waals surface area contributed by atoms with Gasteiger partial charge in [0.2, 0.25) is 0 Å². The van der Waals surface area contributed by atoms with Crippen molar-refractivity contribution in [3.63, 3.8) is 0 Å². The Morgan fingerprint density at radius 3 is 2.60 bits per heavy atom. The Hall–Kier alpha value is -2.81. The number of anilines is 1. The van der Waals surface area contributed by atoms with Crippen molar-refractivity contribution in [2.24, 2.45) is 0 Å². The van der Waals surface area contributed by atoms with E-state index in [1.54, 1.807) is 0 Å². The van der Waals surface area contributed by atoms with Crippen LogP contribution in [0.5, 0.6) is 0 Å². The van der Waals surface area contributed by atoms with Crippen LogP contribution in [0.25, 0.3) is 0 Å². The molecule has 0 spiro atoms. The maximum Gasteiger partial charge on any atom is 0.341 e. The van der Waals surface area contributed by atoms with Crippen LogP contribution >= 0.6 is 15.9 Å². The summed E-state index contributed by atoms with van der Waals surface area (Å²) in [6.45, 7) is 1.28. The van der Waals surface area contributed by atoms with Gasteiger partial charge in [-0.3, -0.25) is 14.9 Å². The van der Waals surface area contributed by atoms with Crippen LogP contribution in [0.4, 0.5) is 15.8 Å². The van der Waals surface area contributed by atoms with Gasteiger partial charge >= 0.3 is 5.97 Å². The summed E-state index contributed by atoms with van der Waals surface area (Å²) in [5, 5.41) is 13.2. The number of carbonyl (C=O) groups excluding carboxylic acids is 2. The molecule has 7 nitrogen and oxygen atoms in total. The van der Waals surface area contributed by atoms with E-state index in [1.165, 1.54) is 43.3 Å². The number of nitro benzene ring substituents is 1. The van der Waals surface area contributed by atoms with Gasteiger partial charge in [-0.1, -0.05) is 28.1 Å². The Kier molecular flexibility index (Phi) is 5.81. The van der Waals surface area contributed by atoms with Gasteiger partial charge in [0.05, 0.1) is 10.5 Å². The number of ether oxygens (including phenoxy) is 1.